The highest BCUT2D eigenvalue weighted by atomic mass is 32.2. The Morgan fingerprint density at radius 1 is 1.52 bits per heavy atom. The van der Waals surface area contributed by atoms with Crippen LogP contribution in [-0.4, -0.2) is 30.6 Å². The van der Waals surface area contributed by atoms with Gasteiger partial charge in [0, 0.05) is 23.9 Å². The number of nitrogens with zero attached hydrogens (tertiary/aromatic N) is 3. The number of aromatic nitrogens is 2. The summed E-state index contributed by atoms with van der Waals surface area (Å²) in [6.45, 7) is 5.88. The zero-order valence-corrected chi connectivity index (χ0v) is 15.4. The molecule has 1 aromatic rings. The van der Waals surface area contributed by atoms with Crippen LogP contribution in [0.1, 0.15) is 44.5 Å². The predicted octanol–water partition coefficient (Wildman–Crippen LogP) is 2.30. The van der Waals surface area contributed by atoms with E-state index in [9.17, 15) is 9.90 Å². The molecule has 1 rings (SSSR count). The number of hydrogen-bond donors (Lipinski definition) is 4. The van der Waals surface area contributed by atoms with Crippen LogP contribution in [0.4, 0.5) is 5.82 Å². The molecular formula is C15H24N4O2S2. The molecule has 0 aliphatic carbocycles. The molecule has 0 aliphatic heterocycles. The number of rotatable bonds is 8. The number of anilines is 1. The Balaban J connectivity index is 3.08. The molecule has 8 heteroatoms. The van der Waals surface area contributed by atoms with E-state index in [0.717, 1.165) is 30.5 Å². The molecule has 128 valence electrons. The molecule has 1 heterocycles. The third-order valence-corrected chi connectivity index (χ3v) is 3.75. The van der Waals surface area contributed by atoms with Crippen molar-refractivity contribution in [3.05, 3.63) is 28.9 Å². The molecule has 3 N–H and O–H groups in total. The van der Waals surface area contributed by atoms with E-state index in [2.05, 4.69) is 35.2 Å². The maximum absolute atomic E-state index is 11.5. The van der Waals surface area contributed by atoms with Crippen molar-refractivity contribution < 1.29 is 9.90 Å². The summed E-state index contributed by atoms with van der Waals surface area (Å²) in [5, 5.41) is 9.83. The minimum absolute atomic E-state index is 0.253. The van der Waals surface area contributed by atoms with Gasteiger partial charge in [0.25, 0.3) is 0 Å². The van der Waals surface area contributed by atoms with Crippen LogP contribution in [0.15, 0.2) is 17.5 Å². The standard InChI is InChI=1S/C15H24N4O2S2/c1-4-5-12(6-15(21,22)23)10(2)19(9-20)8-13-7-17-11(3)18-14(13)16/h7,9,21-23H,4-6,8H2,1-3H3,(H2,16,17,18)/b12-10-. The number of carbonyl (C=O) groups excluding carboxylic acids is 1. The average molecular weight is 357 g/mol. The Labute approximate surface area is 148 Å². The molecule has 0 saturated carbocycles. The van der Waals surface area contributed by atoms with Gasteiger partial charge in [0.15, 0.2) is 4.27 Å². The summed E-state index contributed by atoms with van der Waals surface area (Å²) in [4.78, 5) is 21.3. The number of aryl methyl sites for hydroxylation is 1. The van der Waals surface area contributed by atoms with Crippen LogP contribution >= 0.6 is 25.3 Å². The van der Waals surface area contributed by atoms with Crippen LogP contribution in [0.5, 0.6) is 0 Å². The number of allylic oxidation sites excluding steroid dienone is 1. The Hall–Kier alpha value is -1.25. The zero-order chi connectivity index (χ0) is 17.6. The van der Waals surface area contributed by atoms with Crippen LogP contribution < -0.4 is 5.73 Å². The van der Waals surface area contributed by atoms with Gasteiger partial charge >= 0.3 is 0 Å². The van der Waals surface area contributed by atoms with Crippen molar-refractivity contribution in [1.82, 2.24) is 14.9 Å². The molecule has 0 aromatic carbocycles. The number of thiol groups is 2. The maximum Gasteiger partial charge on any atom is 0.214 e. The zero-order valence-electron chi connectivity index (χ0n) is 13.7. The Morgan fingerprint density at radius 3 is 2.65 bits per heavy atom. The van der Waals surface area contributed by atoms with E-state index in [0.29, 0.717) is 17.2 Å². The van der Waals surface area contributed by atoms with Crippen molar-refractivity contribution in [2.24, 2.45) is 0 Å². The van der Waals surface area contributed by atoms with Gasteiger partial charge in [0.05, 0.1) is 6.54 Å². The molecule has 6 nitrogen and oxygen atoms in total. The van der Waals surface area contributed by atoms with Gasteiger partial charge in [-0.3, -0.25) is 4.79 Å². The number of aliphatic hydroxyl groups is 1. The summed E-state index contributed by atoms with van der Waals surface area (Å²) in [6, 6.07) is 0. The van der Waals surface area contributed by atoms with E-state index in [1.807, 2.05) is 13.8 Å². The van der Waals surface area contributed by atoms with Crippen LogP contribution in [0.25, 0.3) is 0 Å². The molecule has 1 amide bonds. The summed E-state index contributed by atoms with van der Waals surface area (Å²) in [5.74, 6) is 0.937. The lowest BCUT2D eigenvalue weighted by Gasteiger charge is -2.25. The summed E-state index contributed by atoms with van der Waals surface area (Å²) in [7, 11) is 0. The molecule has 0 radical (unpaired) electrons. The van der Waals surface area contributed by atoms with Crippen molar-refractivity contribution >= 4 is 37.5 Å². The van der Waals surface area contributed by atoms with E-state index in [1.54, 1.807) is 13.1 Å². The number of carbonyl (C=O) groups is 1. The Bertz CT molecular complexity index is 585. The second kappa shape index (κ2) is 8.56. The number of amides is 1. The van der Waals surface area contributed by atoms with Gasteiger partial charge in [-0.15, -0.1) is 25.3 Å². The topological polar surface area (TPSA) is 92.3 Å². The molecule has 0 aliphatic rings. The van der Waals surface area contributed by atoms with E-state index >= 15 is 0 Å². The van der Waals surface area contributed by atoms with Crippen molar-refractivity contribution in [2.75, 3.05) is 5.73 Å². The summed E-state index contributed by atoms with van der Waals surface area (Å²) >= 11 is 8.09. The predicted molar refractivity (Wildman–Crippen MR) is 97.9 cm³/mol. The third kappa shape index (κ3) is 6.40. The first kappa shape index (κ1) is 19.8. The first-order chi connectivity index (χ1) is 10.7. The van der Waals surface area contributed by atoms with Crippen LogP contribution in [0, 0.1) is 6.92 Å². The fraction of sp³-hybridized carbons (Fsp3) is 0.533. The lowest BCUT2D eigenvalue weighted by Crippen LogP contribution is -2.24. The quantitative estimate of drug-likeness (QED) is 0.326. The largest absolute Gasteiger partial charge is 0.383 e. The smallest absolute Gasteiger partial charge is 0.214 e. The molecule has 0 fully saturated rings. The Morgan fingerprint density at radius 2 is 2.17 bits per heavy atom. The molecule has 0 spiro atoms. The van der Waals surface area contributed by atoms with Gasteiger partial charge in [0.1, 0.15) is 11.6 Å². The van der Waals surface area contributed by atoms with Crippen LogP contribution in [0.3, 0.4) is 0 Å². The normalized spacial score (nSPS) is 12.8. The fourth-order valence-electron chi connectivity index (χ4n) is 2.24. The highest BCUT2D eigenvalue weighted by molar-refractivity contribution is 8.00. The van der Waals surface area contributed by atoms with Gasteiger partial charge in [-0.2, -0.15) is 0 Å². The number of hydrogen-bond acceptors (Lipinski definition) is 7. The van der Waals surface area contributed by atoms with E-state index in [4.69, 9.17) is 5.73 Å². The average Bonchev–Trinajstić information content (AvgIpc) is 2.44. The van der Waals surface area contributed by atoms with Gasteiger partial charge in [-0.1, -0.05) is 13.3 Å². The van der Waals surface area contributed by atoms with E-state index < -0.39 is 4.27 Å². The lowest BCUT2D eigenvalue weighted by molar-refractivity contribution is -0.117. The van der Waals surface area contributed by atoms with Crippen LogP contribution in [-0.2, 0) is 11.3 Å². The Kier molecular flexibility index (Phi) is 7.37. The van der Waals surface area contributed by atoms with Crippen molar-refractivity contribution in [2.45, 2.75) is 50.8 Å². The van der Waals surface area contributed by atoms with Gasteiger partial charge < -0.3 is 15.7 Å². The van der Waals surface area contributed by atoms with Crippen LogP contribution in [0.2, 0.25) is 0 Å². The summed E-state index contributed by atoms with van der Waals surface area (Å²) in [5.41, 5.74) is 8.23. The monoisotopic (exact) mass is 356 g/mol. The maximum atomic E-state index is 11.5. The third-order valence-electron chi connectivity index (χ3n) is 3.43. The molecule has 1 aromatic heterocycles. The van der Waals surface area contributed by atoms with Gasteiger partial charge in [-0.05, 0) is 25.8 Å². The summed E-state index contributed by atoms with van der Waals surface area (Å²) < 4.78 is -1.42. The second-order valence-electron chi connectivity index (χ2n) is 5.45. The first-order valence-corrected chi connectivity index (χ1v) is 8.23. The van der Waals surface area contributed by atoms with Crippen molar-refractivity contribution in [3.8, 4) is 0 Å². The SMILES string of the molecule is CCC/C(CC(O)(S)S)=C(\C)N(C=O)Cc1cnc(C)nc1N. The minimum atomic E-state index is -1.42. The fourth-order valence-corrected chi connectivity index (χ4v) is 2.62. The van der Waals surface area contributed by atoms with Crippen molar-refractivity contribution in [3.63, 3.8) is 0 Å². The second-order valence-corrected chi connectivity index (χ2v) is 7.28. The highest BCUT2D eigenvalue weighted by Gasteiger charge is 2.21. The van der Waals surface area contributed by atoms with E-state index in [1.165, 1.54) is 4.90 Å². The number of nitrogen functional groups attached to an aromatic ring is 1. The molecule has 0 atom stereocenters. The highest BCUT2D eigenvalue weighted by Crippen LogP contribution is 2.30. The number of nitrogens with two attached hydrogens (primary N) is 1. The van der Waals surface area contributed by atoms with E-state index in [-0.39, 0.29) is 13.0 Å². The van der Waals surface area contributed by atoms with Crippen molar-refractivity contribution in [1.29, 1.82) is 0 Å². The molecular weight excluding hydrogens is 332 g/mol. The summed E-state index contributed by atoms with van der Waals surface area (Å²) in [6.07, 6.45) is 4.23. The molecule has 0 saturated heterocycles. The molecule has 0 bridgehead atoms. The molecule has 0 unspecified atom stereocenters. The molecule has 23 heavy (non-hydrogen) atoms. The lowest BCUT2D eigenvalue weighted by atomic mass is 10.0. The van der Waals surface area contributed by atoms with Gasteiger partial charge in [-0.25, -0.2) is 9.97 Å². The minimum Gasteiger partial charge on any atom is -0.383 e. The van der Waals surface area contributed by atoms with Gasteiger partial charge in [0.2, 0.25) is 6.41 Å². The first-order valence-electron chi connectivity index (χ1n) is 7.33.